The number of imide groups is 1. The van der Waals surface area contributed by atoms with Gasteiger partial charge in [-0.05, 0) is 43.7 Å². The molecule has 1 heterocycles. The first-order valence-electron chi connectivity index (χ1n) is 10.3. The number of hydrogen-bond donors (Lipinski definition) is 1. The Morgan fingerprint density at radius 2 is 1.71 bits per heavy atom. The van der Waals surface area contributed by atoms with Crippen LogP contribution in [0.3, 0.4) is 0 Å². The van der Waals surface area contributed by atoms with Crippen LogP contribution in [0.2, 0.25) is 0 Å². The van der Waals surface area contributed by atoms with E-state index < -0.39 is 18.5 Å². The van der Waals surface area contributed by atoms with Crippen molar-refractivity contribution in [3.05, 3.63) is 29.3 Å². The van der Waals surface area contributed by atoms with E-state index in [1.807, 2.05) is 26.0 Å². The molecule has 1 N–H and O–H groups in total. The van der Waals surface area contributed by atoms with Gasteiger partial charge in [0, 0.05) is 21.9 Å². The largest absolute Gasteiger partial charge is 0.456 e. The first-order valence-corrected chi connectivity index (χ1v) is 12.2. The lowest BCUT2D eigenvalue weighted by Crippen LogP contribution is -2.37. The monoisotopic (exact) mass is 554 g/mol. The van der Waals surface area contributed by atoms with E-state index in [1.165, 1.54) is 4.90 Å². The first-order chi connectivity index (χ1) is 14.7. The number of anilines is 1. The Morgan fingerprint density at radius 3 is 2.29 bits per heavy atom. The zero-order chi connectivity index (χ0) is 22.4. The van der Waals surface area contributed by atoms with E-state index in [1.54, 1.807) is 6.07 Å². The molecule has 3 aliphatic rings. The minimum Gasteiger partial charge on any atom is -0.456 e. The number of amides is 3. The van der Waals surface area contributed by atoms with Crippen LogP contribution in [0.15, 0.2) is 18.2 Å². The summed E-state index contributed by atoms with van der Waals surface area (Å²) < 4.78 is 5.04. The summed E-state index contributed by atoms with van der Waals surface area (Å²) in [5.41, 5.74) is 2.67. The van der Waals surface area contributed by atoms with Crippen molar-refractivity contribution in [2.75, 3.05) is 18.5 Å². The average molecular weight is 556 g/mol. The third kappa shape index (κ3) is 4.06. The van der Waals surface area contributed by atoms with E-state index in [2.05, 4.69) is 37.2 Å². The van der Waals surface area contributed by atoms with Crippen LogP contribution in [-0.4, -0.2) is 51.4 Å². The van der Waals surface area contributed by atoms with Crippen LogP contribution < -0.4 is 5.32 Å². The molecule has 2 aliphatic carbocycles. The second-order valence-electron chi connectivity index (χ2n) is 8.61. The van der Waals surface area contributed by atoms with E-state index in [0.717, 1.165) is 17.5 Å². The molecule has 31 heavy (non-hydrogen) atoms. The molecule has 2 saturated carbocycles. The number of ether oxygens (including phenoxy) is 1. The zero-order valence-electron chi connectivity index (χ0n) is 17.3. The first kappa shape index (κ1) is 22.5. The molecule has 166 valence electrons. The highest BCUT2D eigenvalue weighted by Crippen LogP contribution is 2.60. The summed E-state index contributed by atoms with van der Waals surface area (Å²) in [6.07, 6.45) is 0.739. The van der Waals surface area contributed by atoms with Gasteiger partial charge in [0.05, 0.1) is 18.3 Å². The molecule has 9 heteroatoms. The molecular weight excluding hydrogens is 532 g/mol. The second kappa shape index (κ2) is 8.65. The Hall–Kier alpha value is -1.74. The average Bonchev–Trinajstić information content (AvgIpc) is 3.32. The quantitative estimate of drug-likeness (QED) is 0.331. The van der Waals surface area contributed by atoms with Gasteiger partial charge in [-0.3, -0.25) is 24.1 Å². The number of hydrogen-bond acceptors (Lipinski definition) is 5. The summed E-state index contributed by atoms with van der Waals surface area (Å²) in [5, 5.41) is 2.71. The molecule has 1 aromatic rings. The van der Waals surface area contributed by atoms with Gasteiger partial charge in [0.15, 0.2) is 6.61 Å². The molecule has 1 saturated heterocycles. The Bertz CT molecular complexity index is 920. The molecule has 1 aliphatic heterocycles. The molecule has 0 aromatic heterocycles. The van der Waals surface area contributed by atoms with Crippen LogP contribution in [0.5, 0.6) is 0 Å². The molecular formula is C22H24Br2N2O5. The van der Waals surface area contributed by atoms with E-state index in [0.29, 0.717) is 5.69 Å². The van der Waals surface area contributed by atoms with Gasteiger partial charge in [0.1, 0.15) is 0 Å². The van der Waals surface area contributed by atoms with Gasteiger partial charge in [-0.25, -0.2) is 0 Å². The number of carbonyl (C=O) groups is 4. The number of carbonyl (C=O) groups excluding carboxylic acids is 4. The molecule has 1 aromatic carbocycles. The van der Waals surface area contributed by atoms with Crippen molar-refractivity contribution in [3.63, 3.8) is 0 Å². The molecule has 6 atom stereocenters. The predicted octanol–water partition coefficient (Wildman–Crippen LogP) is 2.95. The Balaban J connectivity index is 1.26. The van der Waals surface area contributed by atoms with Crippen molar-refractivity contribution < 1.29 is 23.9 Å². The third-order valence-corrected chi connectivity index (χ3v) is 9.84. The summed E-state index contributed by atoms with van der Waals surface area (Å²) in [7, 11) is 0. The summed E-state index contributed by atoms with van der Waals surface area (Å²) in [6, 6.07) is 5.63. The summed E-state index contributed by atoms with van der Waals surface area (Å²) >= 11 is 7.30. The number of fused-ring (bicyclic) bond motifs is 5. The number of halogens is 2. The predicted molar refractivity (Wildman–Crippen MR) is 121 cm³/mol. The van der Waals surface area contributed by atoms with Gasteiger partial charge >= 0.3 is 5.97 Å². The maximum absolute atomic E-state index is 12.8. The van der Waals surface area contributed by atoms with Gasteiger partial charge in [-0.2, -0.15) is 0 Å². The molecule has 0 radical (unpaired) electrons. The van der Waals surface area contributed by atoms with Crippen molar-refractivity contribution in [1.29, 1.82) is 0 Å². The minimum atomic E-state index is -0.617. The van der Waals surface area contributed by atoms with E-state index in [-0.39, 0.29) is 58.1 Å². The van der Waals surface area contributed by atoms with Crippen molar-refractivity contribution in [2.45, 2.75) is 36.3 Å². The fourth-order valence-corrected chi connectivity index (χ4v) is 7.07. The van der Waals surface area contributed by atoms with Gasteiger partial charge < -0.3 is 10.1 Å². The normalized spacial score (nSPS) is 31.2. The maximum atomic E-state index is 12.8. The lowest BCUT2D eigenvalue weighted by Gasteiger charge is -2.28. The number of nitrogens with zero attached hydrogens (tertiary/aromatic N) is 1. The standard InChI is InChI=1S/C22H24Br2N2O5/c1-10-3-4-14(11(2)7-10)25-15(27)9-31-16(28)5-6-26-21(29)17-12-8-13(18(17)22(26)30)20(24)19(12)23/h3-4,7,12-13,17-20H,5-6,8-9H2,1-2H3,(H,25,27)/t12-,13-,17-,18+,19-,20+/m1/s1. The zero-order valence-corrected chi connectivity index (χ0v) is 20.4. The van der Waals surface area contributed by atoms with Gasteiger partial charge in [0.25, 0.3) is 5.91 Å². The van der Waals surface area contributed by atoms with Crippen molar-refractivity contribution in [1.82, 2.24) is 4.90 Å². The van der Waals surface area contributed by atoms with Crippen molar-refractivity contribution in [2.24, 2.45) is 23.7 Å². The maximum Gasteiger partial charge on any atom is 0.308 e. The van der Waals surface area contributed by atoms with Crippen LogP contribution in [0.1, 0.15) is 24.0 Å². The van der Waals surface area contributed by atoms with Crippen molar-refractivity contribution >= 4 is 61.2 Å². The van der Waals surface area contributed by atoms with Crippen LogP contribution in [0.4, 0.5) is 5.69 Å². The number of benzene rings is 1. The number of aryl methyl sites for hydroxylation is 2. The smallest absolute Gasteiger partial charge is 0.308 e. The number of nitrogens with one attached hydrogen (secondary N) is 1. The minimum absolute atomic E-state index is 0.0124. The van der Waals surface area contributed by atoms with E-state index in [4.69, 9.17) is 4.74 Å². The number of alkyl halides is 2. The van der Waals surface area contributed by atoms with Crippen LogP contribution >= 0.6 is 31.9 Å². The number of rotatable bonds is 6. The molecule has 3 amide bonds. The molecule has 2 bridgehead atoms. The lowest BCUT2D eigenvalue weighted by molar-refractivity contribution is -0.149. The highest BCUT2D eigenvalue weighted by Gasteiger charge is 2.66. The van der Waals surface area contributed by atoms with E-state index in [9.17, 15) is 19.2 Å². The number of likely N-dealkylation sites (tertiary alicyclic amines) is 1. The van der Waals surface area contributed by atoms with Crippen LogP contribution in [0, 0.1) is 37.5 Å². The Labute approximate surface area is 197 Å². The molecule has 0 spiro atoms. The fourth-order valence-electron chi connectivity index (χ4n) is 5.19. The van der Waals surface area contributed by atoms with Crippen LogP contribution in [0.25, 0.3) is 0 Å². The summed E-state index contributed by atoms with van der Waals surface area (Å²) in [6.45, 7) is 3.42. The topological polar surface area (TPSA) is 92.8 Å². The summed E-state index contributed by atoms with van der Waals surface area (Å²) in [5.74, 6) is -1.74. The lowest BCUT2D eigenvalue weighted by atomic mass is 9.81. The highest BCUT2D eigenvalue weighted by atomic mass is 79.9. The van der Waals surface area contributed by atoms with Gasteiger partial charge in [-0.1, -0.05) is 49.6 Å². The highest BCUT2D eigenvalue weighted by molar-refractivity contribution is 9.12. The van der Waals surface area contributed by atoms with Crippen LogP contribution in [-0.2, 0) is 23.9 Å². The fraction of sp³-hybridized carbons (Fsp3) is 0.545. The molecule has 0 unspecified atom stereocenters. The van der Waals surface area contributed by atoms with E-state index >= 15 is 0 Å². The summed E-state index contributed by atoms with van der Waals surface area (Å²) in [4.78, 5) is 51.4. The van der Waals surface area contributed by atoms with Gasteiger partial charge in [-0.15, -0.1) is 0 Å². The SMILES string of the molecule is Cc1ccc(NC(=O)COC(=O)CCN2C(=O)[C@@H]3[C@H]4C[C@@H]([C@H](Br)[C@@H]4Br)[C@@H]3C2=O)c(C)c1. The second-order valence-corrected chi connectivity index (χ2v) is 10.7. The van der Waals surface area contributed by atoms with Gasteiger partial charge in [0.2, 0.25) is 11.8 Å². The number of esters is 1. The van der Waals surface area contributed by atoms with Crippen molar-refractivity contribution in [3.8, 4) is 0 Å². The molecule has 3 fully saturated rings. The Morgan fingerprint density at radius 1 is 1.10 bits per heavy atom. The molecule has 4 rings (SSSR count). The molecule has 7 nitrogen and oxygen atoms in total. The Kier molecular flexibility index (Phi) is 6.27. The third-order valence-electron chi connectivity index (χ3n) is 6.64.